The summed E-state index contributed by atoms with van der Waals surface area (Å²) >= 11 is 0. The van der Waals surface area contributed by atoms with Gasteiger partial charge in [-0.15, -0.1) is 0 Å². The monoisotopic (exact) mass is 961 g/mol. The Labute approximate surface area is 426 Å². The first-order chi connectivity index (χ1) is 34.0. The van der Waals surface area contributed by atoms with Crippen LogP contribution in [0.2, 0.25) is 0 Å². The maximum atomic E-state index is 12.8. The van der Waals surface area contributed by atoms with Crippen molar-refractivity contribution in [1.29, 1.82) is 0 Å². The van der Waals surface area contributed by atoms with Crippen LogP contribution in [0.4, 0.5) is 0 Å². The van der Waals surface area contributed by atoms with Crippen molar-refractivity contribution >= 4 is 17.9 Å². The lowest BCUT2D eigenvalue weighted by Crippen LogP contribution is -2.30. The molecule has 6 heteroatoms. The minimum absolute atomic E-state index is 0.102. The molecule has 0 saturated heterocycles. The Balaban J connectivity index is 4.42. The SMILES string of the molecule is CC/C=C\C/C=C\C/C=C\C/C=C\C/C=C\CCCC(=O)OC(COC(=O)CCCCCCC/C=C\CCCCCC)COC(=O)CCCCCCCCCCC/C=C\CCCCCCCCCC. The number of hydrogen-bond acceptors (Lipinski definition) is 6. The molecule has 0 amide bonds. The molecule has 0 radical (unpaired) electrons. The number of unbranched alkanes of at least 4 members (excludes halogenated alkanes) is 27. The maximum Gasteiger partial charge on any atom is 0.306 e. The van der Waals surface area contributed by atoms with Crippen molar-refractivity contribution in [3.8, 4) is 0 Å². The summed E-state index contributed by atoms with van der Waals surface area (Å²) in [6.07, 6.45) is 74.4. The predicted octanol–water partition coefficient (Wildman–Crippen LogP) is 19.5. The molecule has 0 aliphatic carbocycles. The van der Waals surface area contributed by atoms with E-state index in [1.807, 2.05) is 0 Å². The molecule has 6 nitrogen and oxygen atoms in total. The maximum absolute atomic E-state index is 12.8. The molecule has 0 spiro atoms. The summed E-state index contributed by atoms with van der Waals surface area (Å²) in [5.74, 6) is -0.967. The normalized spacial score (nSPS) is 12.7. The van der Waals surface area contributed by atoms with E-state index in [2.05, 4.69) is 106 Å². The Bertz CT molecular complexity index is 1330. The first-order valence-corrected chi connectivity index (χ1v) is 29.1. The number of carbonyl (C=O) groups excluding carboxylic acids is 3. The number of esters is 3. The predicted molar refractivity (Wildman–Crippen MR) is 297 cm³/mol. The Hall–Kier alpha value is -3.41. The van der Waals surface area contributed by atoms with Gasteiger partial charge in [-0.1, -0.05) is 234 Å². The van der Waals surface area contributed by atoms with E-state index < -0.39 is 6.10 Å². The highest BCUT2D eigenvalue weighted by Gasteiger charge is 2.19. The number of rotatable bonds is 52. The Morgan fingerprint density at radius 2 is 0.580 bits per heavy atom. The zero-order valence-electron chi connectivity index (χ0n) is 45.3. The zero-order chi connectivity index (χ0) is 50.0. The van der Waals surface area contributed by atoms with Crippen LogP contribution in [0, 0.1) is 0 Å². The summed E-state index contributed by atoms with van der Waals surface area (Å²) in [7, 11) is 0. The van der Waals surface area contributed by atoms with E-state index in [1.54, 1.807) is 0 Å². The van der Waals surface area contributed by atoms with Gasteiger partial charge >= 0.3 is 17.9 Å². The molecule has 0 aromatic carbocycles. The number of allylic oxidation sites excluding steroid dienone is 14. The van der Waals surface area contributed by atoms with Gasteiger partial charge in [-0.05, 0) is 109 Å². The second kappa shape index (κ2) is 57.2. The van der Waals surface area contributed by atoms with Crippen molar-refractivity contribution in [3.05, 3.63) is 85.1 Å². The molecule has 0 aliphatic rings. The highest BCUT2D eigenvalue weighted by molar-refractivity contribution is 5.71. The van der Waals surface area contributed by atoms with Gasteiger partial charge in [0.2, 0.25) is 0 Å². The lowest BCUT2D eigenvalue weighted by molar-refractivity contribution is -0.167. The molecule has 0 saturated carbocycles. The van der Waals surface area contributed by atoms with Crippen molar-refractivity contribution in [2.75, 3.05) is 13.2 Å². The Morgan fingerprint density at radius 3 is 0.957 bits per heavy atom. The average Bonchev–Trinajstić information content (AvgIpc) is 3.35. The van der Waals surface area contributed by atoms with E-state index in [0.717, 1.165) is 89.9 Å². The molecule has 0 bridgehead atoms. The van der Waals surface area contributed by atoms with Crippen molar-refractivity contribution in [1.82, 2.24) is 0 Å². The summed E-state index contributed by atoms with van der Waals surface area (Å²) in [5.41, 5.74) is 0. The van der Waals surface area contributed by atoms with Gasteiger partial charge in [-0.3, -0.25) is 14.4 Å². The van der Waals surface area contributed by atoms with Crippen LogP contribution in [-0.4, -0.2) is 37.2 Å². The molecule has 1 unspecified atom stereocenters. The third kappa shape index (κ3) is 55.4. The fourth-order valence-electron chi connectivity index (χ4n) is 8.00. The second-order valence-corrected chi connectivity index (χ2v) is 19.2. The van der Waals surface area contributed by atoms with Crippen LogP contribution in [-0.2, 0) is 28.6 Å². The molecule has 69 heavy (non-hydrogen) atoms. The molecule has 0 rings (SSSR count). The summed E-state index contributed by atoms with van der Waals surface area (Å²) in [6.45, 7) is 6.47. The van der Waals surface area contributed by atoms with Crippen LogP contribution in [0.1, 0.15) is 278 Å². The molecular weight excluding hydrogens is 853 g/mol. The van der Waals surface area contributed by atoms with Crippen LogP contribution in [0.15, 0.2) is 85.1 Å². The van der Waals surface area contributed by atoms with Crippen LogP contribution in [0.5, 0.6) is 0 Å². The molecule has 0 fully saturated rings. The molecular formula is C63H108O6. The van der Waals surface area contributed by atoms with Gasteiger partial charge in [0, 0.05) is 19.3 Å². The van der Waals surface area contributed by atoms with E-state index >= 15 is 0 Å². The molecule has 0 aliphatic heterocycles. The molecule has 396 valence electrons. The van der Waals surface area contributed by atoms with Gasteiger partial charge in [0.05, 0.1) is 0 Å². The van der Waals surface area contributed by atoms with E-state index in [0.29, 0.717) is 19.3 Å². The largest absolute Gasteiger partial charge is 0.462 e. The summed E-state index contributed by atoms with van der Waals surface area (Å²) in [5, 5.41) is 0. The van der Waals surface area contributed by atoms with E-state index in [-0.39, 0.29) is 37.5 Å². The minimum Gasteiger partial charge on any atom is -0.462 e. The highest BCUT2D eigenvalue weighted by Crippen LogP contribution is 2.15. The van der Waals surface area contributed by atoms with Gasteiger partial charge in [-0.25, -0.2) is 0 Å². The number of ether oxygens (including phenoxy) is 3. The number of carbonyl (C=O) groups is 3. The average molecular weight is 962 g/mol. The minimum atomic E-state index is -0.811. The van der Waals surface area contributed by atoms with E-state index in [9.17, 15) is 14.4 Å². The Kier molecular flexibility index (Phi) is 54.3. The third-order valence-electron chi connectivity index (χ3n) is 12.4. The van der Waals surface area contributed by atoms with Gasteiger partial charge < -0.3 is 14.2 Å². The molecule has 0 N–H and O–H groups in total. The van der Waals surface area contributed by atoms with Crippen LogP contribution < -0.4 is 0 Å². The smallest absolute Gasteiger partial charge is 0.306 e. The first kappa shape index (κ1) is 65.6. The lowest BCUT2D eigenvalue weighted by Gasteiger charge is -2.18. The van der Waals surface area contributed by atoms with Gasteiger partial charge in [0.25, 0.3) is 0 Å². The fourth-order valence-corrected chi connectivity index (χ4v) is 8.00. The van der Waals surface area contributed by atoms with Gasteiger partial charge in [0.1, 0.15) is 13.2 Å². The molecule has 0 aromatic rings. The summed E-state index contributed by atoms with van der Waals surface area (Å²) < 4.78 is 16.8. The zero-order valence-corrected chi connectivity index (χ0v) is 45.3. The molecule has 1 atom stereocenters. The standard InChI is InChI=1S/C63H108O6/c1-4-7-10-13-16-19-22-25-27-29-30-31-32-34-35-38-41-44-47-50-53-56-62(65)68-59-60(58-67-61(64)55-52-49-46-43-40-37-24-21-18-15-12-9-6-3)69-63(66)57-54-51-48-45-42-39-36-33-28-26-23-20-17-14-11-8-5-2/h8,11,17,20-21,24,26,28-30,36,39,45,48,60H,4-7,9-10,12-16,18-19,22-23,25,27,31-35,37-38,40-44,46-47,49-59H2,1-3H3/b11-8-,20-17-,24-21-,28-26-,30-29-,39-36-,48-45-. The fraction of sp³-hybridized carbons (Fsp3) is 0.730. The van der Waals surface area contributed by atoms with Crippen LogP contribution in [0.25, 0.3) is 0 Å². The summed E-state index contributed by atoms with van der Waals surface area (Å²) in [6, 6.07) is 0. The van der Waals surface area contributed by atoms with Gasteiger partial charge in [-0.2, -0.15) is 0 Å². The van der Waals surface area contributed by atoms with Crippen LogP contribution in [0.3, 0.4) is 0 Å². The van der Waals surface area contributed by atoms with E-state index in [4.69, 9.17) is 14.2 Å². The first-order valence-electron chi connectivity index (χ1n) is 29.1. The second-order valence-electron chi connectivity index (χ2n) is 19.2. The van der Waals surface area contributed by atoms with Crippen molar-refractivity contribution in [2.45, 2.75) is 284 Å². The topological polar surface area (TPSA) is 78.9 Å². The third-order valence-corrected chi connectivity index (χ3v) is 12.4. The van der Waals surface area contributed by atoms with Crippen molar-refractivity contribution < 1.29 is 28.6 Å². The Morgan fingerprint density at radius 1 is 0.304 bits per heavy atom. The lowest BCUT2D eigenvalue weighted by atomic mass is 10.1. The van der Waals surface area contributed by atoms with Crippen LogP contribution >= 0.6 is 0 Å². The van der Waals surface area contributed by atoms with Crippen molar-refractivity contribution in [3.63, 3.8) is 0 Å². The molecule has 0 heterocycles. The van der Waals surface area contributed by atoms with Crippen molar-refractivity contribution in [2.24, 2.45) is 0 Å². The quantitative estimate of drug-likeness (QED) is 0.0262. The number of hydrogen-bond donors (Lipinski definition) is 0. The highest BCUT2D eigenvalue weighted by atomic mass is 16.6. The molecule has 0 aromatic heterocycles. The van der Waals surface area contributed by atoms with E-state index in [1.165, 1.54) is 141 Å². The van der Waals surface area contributed by atoms with Gasteiger partial charge in [0.15, 0.2) is 6.10 Å². The summed E-state index contributed by atoms with van der Waals surface area (Å²) in [4.78, 5) is 38.1.